The Hall–Kier alpha value is -2.92. The van der Waals surface area contributed by atoms with E-state index in [-0.39, 0.29) is 5.91 Å². The highest BCUT2D eigenvalue weighted by molar-refractivity contribution is 6.32. The van der Waals surface area contributed by atoms with Gasteiger partial charge in [0.2, 0.25) is 0 Å². The molecule has 1 N–H and O–H groups in total. The van der Waals surface area contributed by atoms with E-state index in [2.05, 4.69) is 15.5 Å². The van der Waals surface area contributed by atoms with E-state index in [4.69, 9.17) is 16.3 Å². The Balaban J connectivity index is 1.80. The fraction of sp³-hybridized carbons (Fsp3) is 0.105. The number of rotatable bonds is 4. The zero-order chi connectivity index (χ0) is 17.8. The summed E-state index contributed by atoms with van der Waals surface area (Å²) in [4.78, 5) is 16.5. The number of hydrazone groups is 1. The van der Waals surface area contributed by atoms with Gasteiger partial charge >= 0.3 is 0 Å². The minimum absolute atomic E-state index is 0.274. The largest absolute Gasteiger partial charge is 0.497 e. The summed E-state index contributed by atoms with van der Waals surface area (Å²) in [7, 11) is 1.60. The van der Waals surface area contributed by atoms with Crippen LogP contribution in [0.25, 0.3) is 10.9 Å². The van der Waals surface area contributed by atoms with Gasteiger partial charge < -0.3 is 4.74 Å². The highest BCUT2D eigenvalue weighted by atomic mass is 35.5. The van der Waals surface area contributed by atoms with E-state index in [0.717, 1.165) is 16.5 Å². The van der Waals surface area contributed by atoms with Crippen LogP contribution < -0.4 is 10.2 Å². The summed E-state index contributed by atoms with van der Waals surface area (Å²) in [6, 6.07) is 14.7. The lowest BCUT2D eigenvalue weighted by atomic mass is 10.1. The van der Waals surface area contributed by atoms with Crippen molar-refractivity contribution in [2.24, 2.45) is 5.10 Å². The van der Waals surface area contributed by atoms with E-state index >= 15 is 0 Å². The normalized spacial score (nSPS) is 11.0. The lowest BCUT2D eigenvalue weighted by Crippen LogP contribution is -2.18. The first kappa shape index (κ1) is 16.9. The molecule has 0 atom stereocenters. The van der Waals surface area contributed by atoms with Crippen molar-refractivity contribution in [3.05, 3.63) is 70.4 Å². The maximum atomic E-state index is 12.1. The van der Waals surface area contributed by atoms with Crippen LogP contribution in [-0.2, 0) is 0 Å². The summed E-state index contributed by atoms with van der Waals surface area (Å²) < 4.78 is 5.18. The van der Waals surface area contributed by atoms with Crippen LogP contribution in [0.5, 0.6) is 5.75 Å². The van der Waals surface area contributed by atoms with Gasteiger partial charge in [0, 0.05) is 22.6 Å². The molecule has 3 aromatic rings. The van der Waals surface area contributed by atoms with Crippen LogP contribution in [0.2, 0.25) is 5.15 Å². The minimum atomic E-state index is -0.274. The molecule has 0 aliphatic carbocycles. The van der Waals surface area contributed by atoms with Gasteiger partial charge in [0.1, 0.15) is 10.9 Å². The molecule has 0 saturated heterocycles. The van der Waals surface area contributed by atoms with Gasteiger partial charge in [0.25, 0.3) is 5.91 Å². The van der Waals surface area contributed by atoms with E-state index < -0.39 is 0 Å². The summed E-state index contributed by atoms with van der Waals surface area (Å²) >= 11 is 6.20. The molecule has 6 heteroatoms. The number of halogens is 1. The number of pyridine rings is 1. The van der Waals surface area contributed by atoms with Gasteiger partial charge in [-0.25, -0.2) is 10.4 Å². The average molecular weight is 354 g/mol. The van der Waals surface area contributed by atoms with Crippen LogP contribution >= 0.6 is 11.6 Å². The van der Waals surface area contributed by atoms with Crippen LogP contribution in [0.15, 0.2) is 53.6 Å². The Morgan fingerprint density at radius 3 is 2.80 bits per heavy atom. The molecule has 0 radical (unpaired) electrons. The van der Waals surface area contributed by atoms with Crippen LogP contribution in [0.4, 0.5) is 0 Å². The Morgan fingerprint density at radius 1 is 1.24 bits per heavy atom. The zero-order valence-electron chi connectivity index (χ0n) is 13.8. The number of nitrogens with zero attached hydrogens (tertiary/aromatic N) is 2. The standard InChI is InChI=1S/C19H16ClN3O2/c1-12-5-3-4-6-16(12)19(24)23-21-11-14-9-13-7-8-15(25-2)10-17(13)22-18(14)20/h3-11H,1-2H3,(H,23,24). The number of benzene rings is 2. The highest BCUT2D eigenvalue weighted by Gasteiger charge is 2.07. The summed E-state index contributed by atoms with van der Waals surface area (Å²) in [6.07, 6.45) is 1.48. The number of carbonyl (C=O) groups excluding carboxylic acids is 1. The van der Waals surface area contributed by atoms with Gasteiger partial charge in [-0.1, -0.05) is 29.8 Å². The molecule has 3 rings (SSSR count). The number of methoxy groups -OCH3 is 1. The molecule has 0 spiro atoms. The second-order valence-corrected chi connectivity index (χ2v) is 5.80. The molecule has 0 saturated carbocycles. The van der Waals surface area contributed by atoms with Gasteiger partial charge in [-0.2, -0.15) is 5.10 Å². The van der Waals surface area contributed by atoms with Gasteiger partial charge in [0.05, 0.1) is 18.8 Å². The Morgan fingerprint density at radius 2 is 2.04 bits per heavy atom. The first-order valence-corrected chi connectivity index (χ1v) is 7.99. The lowest BCUT2D eigenvalue weighted by Gasteiger charge is -2.05. The second kappa shape index (κ2) is 7.32. The first-order valence-electron chi connectivity index (χ1n) is 7.62. The number of aryl methyl sites for hydroxylation is 1. The molecule has 0 fully saturated rings. The summed E-state index contributed by atoms with van der Waals surface area (Å²) in [5.41, 5.74) is 5.31. The SMILES string of the molecule is COc1ccc2cc(C=NNC(=O)c3ccccc3C)c(Cl)nc2c1. The molecular weight excluding hydrogens is 338 g/mol. The van der Waals surface area contributed by atoms with E-state index in [1.165, 1.54) is 6.21 Å². The lowest BCUT2D eigenvalue weighted by molar-refractivity contribution is 0.0954. The number of hydrogen-bond donors (Lipinski definition) is 1. The number of ether oxygens (including phenoxy) is 1. The summed E-state index contributed by atoms with van der Waals surface area (Å²) in [5.74, 6) is 0.437. The predicted molar refractivity (Wildman–Crippen MR) is 99.5 cm³/mol. The van der Waals surface area contributed by atoms with Crippen LogP contribution in [0.1, 0.15) is 21.5 Å². The van der Waals surface area contributed by atoms with Crippen molar-refractivity contribution in [3.63, 3.8) is 0 Å². The molecule has 0 bridgehead atoms. The van der Waals surface area contributed by atoms with Crippen LogP contribution in [0, 0.1) is 6.92 Å². The maximum Gasteiger partial charge on any atom is 0.271 e. The molecule has 2 aromatic carbocycles. The summed E-state index contributed by atoms with van der Waals surface area (Å²) in [5, 5.41) is 5.19. The third kappa shape index (κ3) is 3.78. The van der Waals surface area contributed by atoms with Crippen molar-refractivity contribution in [1.82, 2.24) is 10.4 Å². The van der Waals surface area contributed by atoms with E-state index in [9.17, 15) is 4.79 Å². The van der Waals surface area contributed by atoms with Crippen molar-refractivity contribution in [3.8, 4) is 5.75 Å². The highest BCUT2D eigenvalue weighted by Crippen LogP contribution is 2.23. The monoisotopic (exact) mass is 353 g/mol. The zero-order valence-corrected chi connectivity index (χ0v) is 14.5. The number of carbonyl (C=O) groups is 1. The topological polar surface area (TPSA) is 63.6 Å². The third-order valence-electron chi connectivity index (χ3n) is 3.76. The Labute approximate surface area is 150 Å². The van der Waals surface area contributed by atoms with Crippen LogP contribution in [-0.4, -0.2) is 24.2 Å². The van der Waals surface area contributed by atoms with E-state index in [1.54, 1.807) is 13.2 Å². The van der Waals surface area contributed by atoms with Crippen molar-refractivity contribution >= 4 is 34.6 Å². The van der Waals surface area contributed by atoms with Gasteiger partial charge in [-0.3, -0.25) is 4.79 Å². The maximum absolute atomic E-state index is 12.1. The number of nitrogens with one attached hydrogen (secondary N) is 1. The van der Waals surface area contributed by atoms with Gasteiger partial charge in [0.15, 0.2) is 0 Å². The first-order chi connectivity index (χ1) is 12.1. The fourth-order valence-corrected chi connectivity index (χ4v) is 2.60. The third-order valence-corrected chi connectivity index (χ3v) is 4.07. The smallest absolute Gasteiger partial charge is 0.271 e. The molecule has 5 nitrogen and oxygen atoms in total. The quantitative estimate of drug-likeness (QED) is 0.438. The number of amides is 1. The van der Waals surface area contributed by atoms with Crippen molar-refractivity contribution in [2.75, 3.05) is 7.11 Å². The molecule has 1 heterocycles. The Bertz CT molecular complexity index is 970. The molecule has 1 aromatic heterocycles. The van der Waals surface area contributed by atoms with Gasteiger partial charge in [-0.15, -0.1) is 0 Å². The van der Waals surface area contributed by atoms with Gasteiger partial charge in [-0.05, 0) is 36.8 Å². The van der Waals surface area contributed by atoms with E-state index in [1.807, 2.05) is 49.4 Å². The molecule has 0 aliphatic heterocycles. The summed E-state index contributed by atoms with van der Waals surface area (Å²) in [6.45, 7) is 1.87. The minimum Gasteiger partial charge on any atom is -0.497 e. The van der Waals surface area contributed by atoms with E-state index in [0.29, 0.717) is 22.0 Å². The Kier molecular flexibility index (Phi) is 4.95. The second-order valence-electron chi connectivity index (χ2n) is 5.44. The fourth-order valence-electron chi connectivity index (χ4n) is 2.41. The molecule has 126 valence electrons. The molecule has 0 unspecified atom stereocenters. The molecular formula is C19H16ClN3O2. The molecule has 1 amide bonds. The van der Waals surface area contributed by atoms with Crippen molar-refractivity contribution in [2.45, 2.75) is 6.92 Å². The molecule has 25 heavy (non-hydrogen) atoms. The van der Waals surface area contributed by atoms with Crippen LogP contribution in [0.3, 0.4) is 0 Å². The van der Waals surface area contributed by atoms with Crippen molar-refractivity contribution < 1.29 is 9.53 Å². The number of fused-ring (bicyclic) bond motifs is 1. The van der Waals surface area contributed by atoms with Crippen molar-refractivity contribution in [1.29, 1.82) is 0 Å². The number of aromatic nitrogens is 1. The predicted octanol–water partition coefficient (Wildman–Crippen LogP) is 3.97. The molecule has 0 aliphatic rings. The number of hydrogen-bond acceptors (Lipinski definition) is 4. The average Bonchev–Trinajstić information content (AvgIpc) is 2.62.